The van der Waals surface area contributed by atoms with Gasteiger partial charge in [-0.15, -0.1) is 5.10 Å². The maximum atomic E-state index is 12.4. The lowest BCUT2D eigenvalue weighted by molar-refractivity contribution is -0.122. The molecule has 0 aliphatic heterocycles. The van der Waals surface area contributed by atoms with Gasteiger partial charge < -0.3 is 14.6 Å². The first-order valence-electron chi connectivity index (χ1n) is 8.48. The second kappa shape index (κ2) is 8.35. The van der Waals surface area contributed by atoms with Crippen molar-refractivity contribution in [2.75, 3.05) is 7.11 Å². The Hall–Kier alpha value is -2.36. The van der Waals surface area contributed by atoms with Crippen LogP contribution in [-0.4, -0.2) is 43.8 Å². The van der Waals surface area contributed by atoms with Crippen LogP contribution in [-0.2, 0) is 24.1 Å². The van der Waals surface area contributed by atoms with Gasteiger partial charge >= 0.3 is 0 Å². The minimum atomic E-state index is -0.216. The summed E-state index contributed by atoms with van der Waals surface area (Å²) in [6.07, 6.45) is 5.96. The second-order valence-electron chi connectivity index (χ2n) is 6.25. The van der Waals surface area contributed by atoms with E-state index in [0.29, 0.717) is 16.6 Å². The quantitative estimate of drug-likeness (QED) is 0.708. The number of thioether (sulfide) groups is 1. The monoisotopic (exact) mass is 378 g/mol. The summed E-state index contributed by atoms with van der Waals surface area (Å²) in [5.41, 5.74) is 0.497. The largest absolute Gasteiger partial charge is 0.491 e. The van der Waals surface area contributed by atoms with Crippen molar-refractivity contribution < 1.29 is 9.53 Å². The highest BCUT2D eigenvalue weighted by atomic mass is 32.2. The number of nitrogens with one attached hydrogen (secondary N) is 1. The lowest BCUT2D eigenvalue weighted by Gasteiger charge is -2.16. The third-order valence-electron chi connectivity index (χ3n) is 4.37. The van der Waals surface area contributed by atoms with Crippen LogP contribution >= 0.6 is 11.8 Å². The summed E-state index contributed by atoms with van der Waals surface area (Å²) in [4.78, 5) is 24.5. The van der Waals surface area contributed by atoms with Gasteiger partial charge in [0.05, 0.1) is 13.3 Å². The molecule has 9 nitrogen and oxygen atoms in total. The molecule has 0 radical (unpaired) electrons. The summed E-state index contributed by atoms with van der Waals surface area (Å²) in [7, 11) is 3.19. The van der Waals surface area contributed by atoms with Crippen molar-refractivity contribution >= 4 is 17.7 Å². The van der Waals surface area contributed by atoms with Crippen molar-refractivity contribution in [2.24, 2.45) is 7.05 Å². The molecule has 0 bridgehead atoms. The number of aryl methyl sites for hydroxylation is 1. The molecule has 2 heterocycles. The van der Waals surface area contributed by atoms with Crippen LogP contribution in [0.2, 0.25) is 0 Å². The zero-order valence-corrected chi connectivity index (χ0v) is 15.7. The summed E-state index contributed by atoms with van der Waals surface area (Å²) in [5.74, 6) is 0.617. The van der Waals surface area contributed by atoms with E-state index in [1.165, 1.54) is 24.9 Å². The fourth-order valence-electron chi connectivity index (χ4n) is 3.00. The Morgan fingerprint density at radius 3 is 2.85 bits per heavy atom. The molecule has 1 aliphatic rings. The molecular formula is C16H22N6O3S. The SMILES string of the molecule is COc1cn(CC(=O)NC2CCCC2)c(CSc2nnnn2C)cc1=O. The molecule has 140 valence electrons. The van der Waals surface area contributed by atoms with Gasteiger partial charge in [0.2, 0.25) is 16.5 Å². The Labute approximate surface area is 155 Å². The average Bonchev–Trinajstić information content (AvgIpc) is 3.26. The fourth-order valence-corrected chi connectivity index (χ4v) is 3.84. The Kier molecular flexibility index (Phi) is 5.92. The van der Waals surface area contributed by atoms with Gasteiger partial charge in [0.15, 0.2) is 5.75 Å². The molecule has 0 spiro atoms. The standard InChI is InChI=1S/C16H22N6O3S/c1-21-16(18-19-20-21)26-10-12-7-13(23)14(25-2)8-22(12)9-15(24)17-11-5-3-4-6-11/h7-8,11H,3-6,9-10H2,1-2H3,(H,17,24). The second-order valence-corrected chi connectivity index (χ2v) is 7.19. The number of aromatic nitrogens is 5. The zero-order chi connectivity index (χ0) is 18.5. The van der Waals surface area contributed by atoms with E-state index in [1.54, 1.807) is 22.5 Å². The molecule has 1 saturated carbocycles. The van der Waals surface area contributed by atoms with E-state index in [-0.39, 0.29) is 29.7 Å². The van der Waals surface area contributed by atoms with E-state index < -0.39 is 0 Å². The minimum absolute atomic E-state index is 0.0609. The van der Waals surface area contributed by atoms with E-state index in [0.717, 1.165) is 25.7 Å². The van der Waals surface area contributed by atoms with Crippen LogP contribution in [0.4, 0.5) is 0 Å². The highest BCUT2D eigenvalue weighted by Crippen LogP contribution is 2.20. The number of carbonyl (C=O) groups is 1. The topological polar surface area (TPSA) is 104 Å². The Balaban J connectivity index is 1.75. The number of nitrogens with zero attached hydrogens (tertiary/aromatic N) is 5. The van der Waals surface area contributed by atoms with Crippen molar-refractivity contribution in [1.82, 2.24) is 30.1 Å². The highest BCUT2D eigenvalue weighted by Gasteiger charge is 2.18. The number of tetrazole rings is 1. The first kappa shape index (κ1) is 18.4. The van der Waals surface area contributed by atoms with Gasteiger partial charge in [0.1, 0.15) is 6.54 Å². The van der Waals surface area contributed by atoms with Crippen molar-refractivity contribution in [3.05, 3.63) is 28.2 Å². The number of hydrogen-bond acceptors (Lipinski definition) is 7. The molecule has 2 aromatic rings. The van der Waals surface area contributed by atoms with Gasteiger partial charge in [0.25, 0.3) is 0 Å². The maximum absolute atomic E-state index is 12.4. The first-order chi connectivity index (χ1) is 12.6. The number of hydrogen-bond donors (Lipinski definition) is 1. The molecule has 0 saturated heterocycles. The molecular weight excluding hydrogens is 356 g/mol. The molecule has 3 rings (SSSR count). The van der Waals surface area contributed by atoms with Gasteiger partial charge in [-0.1, -0.05) is 24.6 Å². The lowest BCUT2D eigenvalue weighted by Crippen LogP contribution is -2.35. The molecule has 2 aromatic heterocycles. The van der Waals surface area contributed by atoms with Gasteiger partial charge in [-0.3, -0.25) is 9.59 Å². The molecule has 1 aliphatic carbocycles. The minimum Gasteiger partial charge on any atom is -0.491 e. The van der Waals surface area contributed by atoms with E-state index in [9.17, 15) is 9.59 Å². The van der Waals surface area contributed by atoms with E-state index in [1.807, 2.05) is 0 Å². The van der Waals surface area contributed by atoms with Crippen molar-refractivity contribution in [3.8, 4) is 5.75 Å². The number of carbonyl (C=O) groups excluding carboxylic acids is 1. The van der Waals surface area contributed by atoms with Crippen molar-refractivity contribution in [2.45, 2.75) is 49.2 Å². The smallest absolute Gasteiger partial charge is 0.240 e. The Morgan fingerprint density at radius 1 is 1.42 bits per heavy atom. The van der Waals surface area contributed by atoms with Crippen LogP contribution in [0.5, 0.6) is 5.75 Å². The van der Waals surface area contributed by atoms with Gasteiger partial charge in [-0.05, 0) is 23.3 Å². The zero-order valence-electron chi connectivity index (χ0n) is 14.8. The Bertz CT molecular complexity index is 828. The van der Waals surface area contributed by atoms with Crippen LogP contribution < -0.4 is 15.5 Å². The number of methoxy groups -OCH3 is 1. The van der Waals surface area contributed by atoms with Crippen LogP contribution in [0.1, 0.15) is 31.4 Å². The number of ether oxygens (including phenoxy) is 1. The third kappa shape index (κ3) is 4.43. The van der Waals surface area contributed by atoms with Crippen LogP contribution in [0.25, 0.3) is 0 Å². The summed E-state index contributed by atoms with van der Waals surface area (Å²) in [6.45, 7) is 0.139. The van der Waals surface area contributed by atoms with Crippen LogP contribution in [0.3, 0.4) is 0 Å². The van der Waals surface area contributed by atoms with Crippen molar-refractivity contribution in [3.63, 3.8) is 0 Å². The summed E-state index contributed by atoms with van der Waals surface area (Å²) in [5, 5.41) is 15.0. The Morgan fingerprint density at radius 2 is 2.19 bits per heavy atom. The van der Waals surface area contributed by atoms with E-state index >= 15 is 0 Å². The molecule has 10 heteroatoms. The molecule has 0 unspecified atom stereocenters. The average molecular weight is 378 g/mol. The summed E-state index contributed by atoms with van der Waals surface area (Å²) >= 11 is 1.40. The van der Waals surface area contributed by atoms with E-state index in [2.05, 4.69) is 20.8 Å². The molecule has 1 N–H and O–H groups in total. The van der Waals surface area contributed by atoms with Gasteiger partial charge in [-0.2, -0.15) is 0 Å². The third-order valence-corrected chi connectivity index (χ3v) is 5.41. The van der Waals surface area contributed by atoms with E-state index in [4.69, 9.17) is 4.74 Å². The fraction of sp³-hybridized carbons (Fsp3) is 0.562. The molecule has 1 amide bonds. The van der Waals surface area contributed by atoms with Gasteiger partial charge in [-0.25, -0.2) is 4.68 Å². The normalized spacial score (nSPS) is 14.5. The molecule has 26 heavy (non-hydrogen) atoms. The first-order valence-corrected chi connectivity index (χ1v) is 9.47. The summed E-state index contributed by atoms with van der Waals surface area (Å²) < 4.78 is 8.43. The van der Waals surface area contributed by atoms with Crippen molar-refractivity contribution in [1.29, 1.82) is 0 Å². The van der Waals surface area contributed by atoms with Crippen LogP contribution in [0, 0.1) is 0 Å². The molecule has 0 atom stereocenters. The lowest BCUT2D eigenvalue weighted by atomic mass is 10.2. The molecule has 1 fully saturated rings. The molecule has 0 aromatic carbocycles. The predicted octanol–water partition coefficient (Wildman–Crippen LogP) is 0.731. The maximum Gasteiger partial charge on any atom is 0.240 e. The highest BCUT2D eigenvalue weighted by molar-refractivity contribution is 7.98. The number of rotatable bonds is 7. The van der Waals surface area contributed by atoms with Crippen LogP contribution in [0.15, 0.2) is 22.2 Å². The number of amides is 1. The predicted molar refractivity (Wildman–Crippen MR) is 96.0 cm³/mol. The van der Waals surface area contributed by atoms with Gasteiger partial charge in [0, 0.05) is 30.6 Å². The number of pyridine rings is 1. The summed E-state index contributed by atoms with van der Waals surface area (Å²) in [6, 6.07) is 1.75.